The van der Waals surface area contributed by atoms with Gasteiger partial charge >= 0.3 is 0 Å². The summed E-state index contributed by atoms with van der Waals surface area (Å²) in [6.07, 6.45) is 2.01. The van der Waals surface area contributed by atoms with Crippen LogP contribution in [0.4, 0.5) is 8.78 Å². The van der Waals surface area contributed by atoms with E-state index in [1.165, 1.54) is 12.1 Å². The molecule has 1 aliphatic carbocycles. The highest BCUT2D eigenvalue weighted by atomic mass is 19.1. The lowest BCUT2D eigenvalue weighted by molar-refractivity contribution is 0.547. The summed E-state index contributed by atoms with van der Waals surface area (Å²) in [5, 5.41) is 0. The van der Waals surface area contributed by atoms with E-state index in [1.54, 1.807) is 0 Å². The Morgan fingerprint density at radius 3 is 2.54 bits per heavy atom. The van der Waals surface area contributed by atoms with E-state index in [0.29, 0.717) is 11.5 Å². The Kier molecular flexibility index (Phi) is 2.04. The SMILES string of the molecule is NCc1c(F)ccc(C2CC2)c1F. The van der Waals surface area contributed by atoms with Crippen LogP contribution in [0.3, 0.4) is 0 Å². The minimum atomic E-state index is -0.538. The highest BCUT2D eigenvalue weighted by Gasteiger charge is 2.28. The fraction of sp³-hybridized carbons (Fsp3) is 0.400. The van der Waals surface area contributed by atoms with Crippen LogP contribution in [0.1, 0.15) is 29.9 Å². The normalized spacial score (nSPS) is 16.2. The second-order valence-electron chi connectivity index (χ2n) is 3.41. The molecule has 0 spiro atoms. The first-order valence-electron chi connectivity index (χ1n) is 4.41. The third kappa shape index (κ3) is 1.44. The molecule has 0 aromatic heterocycles. The lowest BCUT2D eigenvalue weighted by Gasteiger charge is -2.06. The largest absolute Gasteiger partial charge is 0.326 e. The summed E-state index contributed by atoms with van der Waals surface area (Å²) < 4.78 is 26.5. The van der Waals surface area contributed by atoms with E-state index in [1.807, 2.05) is 0 Å². The van der Waals surface area contributed by atoms with E-state index < -0.39 is 11.6 Å². The van der Waals surface area contributed by atoms with E-state index in [0.717, 1.165) is 12.8 Å². The molecule has 0 heterocycles. The first-order chi connectivity index (χ1) is 6.24. The third-order valence-corrected chi connectivity index (χ3v) is 2.44. The van der Waals surface area contributed by atoms with Crippen LogP contribution < -0.4 is 5.73 Å². The van der Waals surface area contributed by atoms with E-state index in [9.17, 15) is 8.78 Å². The van der Waals surface area contributed by atoms with Crippen molar-refractivity contribution in [2.75, 3.05) is 0 Å². The van der Waals surface area contributed by atoms with Crippen LogP contribution in [0.5, 0.6) is 0 Å². The van der Waals surface area contributed by atoms with Crippen molar-refractivity contribution >= 4 is 0 Å². The maximum Gasteiger partial charge on any atom is 0.134 e. The minimum Gasteiger partial charge on any atom is -0.326 e. The Labute approximate surface area is 75.6 Å². The van der Waals surface area contributed by atoms with Crippen molar-refractivity contribution in [3.8, 4) is 0 Å². The lowest BCUT2D eigenvalue weighted by atomic mass is 10.1. The second kappa shape index (κ2) is 3.07. The number of rotatable bonds is 2. The van der Waals surface area contributed by atoms with Crippen molar-refractivity contribution in [1.29, 1.82) is 0 Å². The van der Waals surface area contributed by atoms with E-state index >= 15 is 0 Å². The maximum atomic E-state index is 13.5. The molecule has 1 aromatic carbocycles. The third-order valence-electron chi connectivity index (χ3n) is 2.44. The summed E-state index contributed by atoms with van der Waals surface area (Å²) in [5.41, 5.74) is 5.91. The Balaban J connectivity index is 2.47. The Morgan fingerprint density at radius 2 is 2.00 bits per heavy atom. The fourth-order valence-electron chi connectivity index (χ4n) is 1.51. The molecule has 70 valence electrons. The van der Waals surface area contributed by atoms with Crippen LogP contribution in [-0.2, 0) is 6.54 Å². The Hall–Kier alpha value is -0.960. The van der Waals surface area contributed by atoms with E-state index in [2.05, 4.69) is 0 Å². The minimum absolute atomic E-state index is 0.0180. The standard InChI is InChI=1S/C10H11F2N/c11-9-4-3-7(6-1-2-6)10(12)8(9)5-13/h3-4,6H,1-2,5,13H2. The molecule has 0 amide bonds. The molecule has 0 unspecified atom stereocenters. The lowest BCUT2D eigenvalue weighted by Crippen LogP contribution is -2.05. The second-order valence-corrected chi connectivity index (χ2v) is 3.41. The van der Waals surface area contributed by atoms with Crippen LogP contribution in [0.15, 0.2) is 12.1 Å². The van der Waals surface area contributed by atoms with Crippen molar-refractivity contribution in [1.82, 2.24) is 0 Å². The van der Waals surface area contributed by atoms with Gasteiger partial charge in [-0.25, -0.2) is 8.78 Å². The summed E-state index contributed by atoms with van der Waals surface area (Å²) in [6.45, 7) is -0.0712. The van der Waals surface area contributed by atoms with Gasteiger partial charge in [0.25, 0.3) is 0 Å². The van der Waals surface area contributed by atoms with Crippen LogP contribution >= 0.6 is 0 Å². The molecule has 1 nitrogen and oxygen atoms in total. The molecule has 1 saturated carbocycles. The summed E-state index contributed by atoms with van der Waals surface area (Å²) in [6, 6.07) is 2.83. The van der Waals surface area contributed by atoms with E-state index in [-0.39, 0.29) is 12.1 Å². The predicted molar refractivity (Wildman–Crippen MR) is 46.2 cm³/mol. The van der Waals surface area contributed by atoms with Gasteiger partial charge in [-0.1, -0.05) is 6.07 Å². The van der Waals surface area contributed by atoms with Crippen molar-refractivity contribution in [2.24, 2.45) is 5.73 Å². The highest BCUT2D eigenvalue weighted by molar-refractivity contribution is 5.32. The molecule has 13 heavy (non-hydrogen) atoms. The predicted octanol–water partition coefficient (Wildman–Crippen LogP) is 2.30. The average molecular weight is 183 g/mol. The molecule has 2 N–H and O–H groups in total. The smallest absolute Gasteiger partial charge is 0.134 e. The Bertz CT molecular complexity index is 332. The first-order valence-corrected chi connectivity index (χ1v) is 4.41. The number of hydrogen-bond donors (Lipinski definition) is 1. The highest BCUT2D eigenvalue weighted by Crippen LogP contribution is 2.41. The van der Waals surface area contributed by atoms with Crippen molar-refractivity contribution in [3.63, 3.8) is 0 Å². The molecule has 3 heteroatoms. The van der Waals surface area contributed by atoms with Gasteiger partial charge in [0.1, 0.15) is 11.6 Å². The first kappa shape index (κ1) is 8.63. The van der Waals surface area contributed by atoms with Crippen LogP contribution in [0.25, 0.3) is 0 Å². The fourth-order valence-corrected chi connectivity index (χ4v) is 1.51. The quantitative estimate of drug-likeness (QED) is 0.748. The van der Waals surface area contributed by atoms with Gasteiger partial charge in [-0.3, -0.25) is 0 Å². The van der Waals surface area contributed by atoms with Crippen molar-refractivity contribution in [2.45, 2.75) is 25.3 Å². The molecular weight excluding hydrogens is 172 g/mol. The Morgan fingerprint density at radius 1 is 1.31 bits per heavy atom. The van der Waals surface area contributed by atoms with Crippen LogP contribution in [0, 0.1) is 11.6 Å². The number of hydrogen-bond acceptors (Lipinski definition) is 1. The summed E-state index contributed by atoms with van der Waals surface area (Å²) in [7, 11) is 0. The van der Waals surface area contributed by atoms with Gasteiger partial charge in [-0.2, -0.15) is 0 Å². The zero-order valence-corrected chi connectivity index (χ0v) is 7.19. The van der Waals surface area contributed by atoms with Gasteiger partial charge in [0.2, 0.25) is 0 Å². The molecule has 0 bridgehead atoms. The molecule has 1 fully saturated rings. The topological polar surface area (TPSA) is 26.0 Å². The van der Waals surface area contributed by atoms with Gasteiger partial charge in [0.05, 0.1) is 0 Å². The summed E-state index contributed by atoms with van der Waals surface area (Å²) in [4.78, 5) is 0. The number of benzene rings is 1. The summed E-state index contributed by atoms with van der Waals surface area (Å²) >= 11 is 0. The van der Waals surface area contributed by atoms with Gasteiger partial charge in [0.15, 0.2) is 0 Å². The maximum absolute atomic E-state index is 13.5. The number of halogens is 2. The van der Waals surface area contributed by atoms with Gasteiger partial charge in [-0.05, 0) is 30.4 Å². The molecule has 0 aliphatic heterocycles. The van der Waals surface area contributed by atoms with Gasteiger partial charge in [-0.15, -0.1) is 0 Å². The molecule has 1 aliphatic rings. The van der Waals surface area contributed by atoms with Crippen LogP contribution in [-0.4, -0.2) is 0 Å². The zero-order valence-electron chi connectivity index (χ0n) is 7.19. The van der Waals surface area contributed by atoms with Gasteiger partial charge in [0, 0.05) is 12.1 Å². The molecule has 1 aromatic rings. The molecular formula is C10H11F2N. The molecule has 0 radical (unpaired) electrons. The summed E-state index contributed by atoms with van der Waals surface area (Å²) in [5.74, 6) is -0.680. The number of nitrogens with two attached hydrogens (primary N) is 1. The molecule has 2 rings (SSSR count). The van der Waals surface area contributed by atoms with E-state index in [4.69, 9.17) is 5.73 Å². The monoisotopic (exact) mass is 183 g/mol. The van der Waals surface area contributed by atoms with Gasteiger partial charge < -0.3 is 5.73 Å². The molecule has 0 saturated heterocycles. The average Bonchev–Trinajstić information content (AvgIpc) is 2.88. The molecule has 0 atom stereocenters. The van der Waals surface area contributed by atoms with Crippen molar-refractivity contribution < 1.29 is 8.78 Å². The zero-order chi connectivity index (χ0) is 9.42. The van der Waals surface area contributed by atoms with Crippen molar-refractivity contribution in [3.05, 3.63) is 34.9 Å². The van der Waals surface area contributed by atoms with Crippen LogP contribution in [0.2, 0.25) is 0 Å².